The van der Waals surface area contributed by atoms with Crippen molar-refractivity contribution in [3.8, 4) is 0 Å². The summed E-state index contributed by atoms with van der Waals surface area (Å²) in [5.74, 6) is 1.57. The number of aromatic nitrogens is 1. The lowest BCUT2D eigenvalue weighted by molar-refractivity contribution is -0.129. The average Bonchev–Trinajstić information content (AvgIpc) is 3.00. The van der Waals surface area contributed by atoms with Crippen LogP contribution in [-0.4, -0.2) is 42.0 Å². The predicted molar refractivity (Wildman–Crippen MR) is 80.9 cm³/mol. The third kappa shape index (κ3) is 2.74. The summed E-state index contributed by atoms with van der Waals surface area (Å²) in [5, 5.41) is 6.56. The van der Waals surface area contributed by atoms with Gasteiger partial charge in [0.25, 0.3) is 0 Å². The van der Waals surface area contributed by atoms with Crippen LogP contribution in [0.3, 0.4) is 0 Å². The van der Waals surface area contributed by atoms with Crippen molar-refractivity contribution in [1.29, 1.82) is 0 Å². The van der Waals surface area contributed by atoms with E-state index in [-0.39, 0.29) is 11.3 Å². The summed E-state index contributed by atoms with van der Waals surface area (Å²) in [4.78, 5) is 19.0. The minimum absolute atomic E-state index is 0.0717. The smallest absolute Gasteiger partial charge is 0.228 e. The van der Waals surface area contributed by atoms with Crippen LogP contribution in [0.1, 0.15) is 31.5 Å². The third-order valence-corrected chi connectivity index (χ3v) is 5.58. The van der Waals surface area contributed by atoms with Gasteiger partial charge in [0, 0.05) is 37.0 Å². The van der Waals surface area contributed by atoms with Crippen LogP contribution in [-0.2, 0) is 16.6 Å². The molecule has 0 unspecified atom stereocenters. The highest BCUT2D eigenvalue weighted by Crippen LogP contribution is 2.28. The van der Waals surface area contributed by atoms with Gasteiger partial charge in [-0.15, -0.1) is 11.3 Å². The third-order valence-electron chi connectivity index (χ3n) is 4.27. The van der Waals surface area contributed by atoms with Gasteiger partial charge >= 0.3 is 0 Å². The lowest BCUT2D eigenvalue weighted by Crippen LogP contribution is -2.33. The van der Waals surface area contributed by atoms with Gasteiger partial charge in [0.15, 0.2) is 0 Å². The number of carbonyl (C=O) groups is 1. The molecule has 2 saturated heterocycles. The maximum atomic E-state index is 12.4. The van der Waals surface area contributed by atoms with Crippen molar-refractivity contribution in [2.75, 3.05) is 26.2 Å². The standard InChI is InChI=1S/C15H23N3OS/c1-15(2,3)14-17-12(9-20-14)4-13(19)18-7-10-5-16-6-11(10)8-18/h9-11,16H,4-8H2,1-3H3/t10-,11+. The van der Waals surface area contributed by atoms with Crippen molar-refractivity contribution < 1.29 is 4.79 Å². The molecule has 0 saturated carbocycles. The van der Waals surface area contributed by atoms with Gasteiger partial charge < -0.3 is 10.2 Å². The fraction of sp³-hybridized carbons (Fsp3) is 0.733. The van der Waals surface area contributed by atoms with E-state index in [1.165, 1.54) is 0 Å². The molecule has 1 aromatic rings. The van der Waals surface area contributed by atoms with E-state index in [2.05, 4.69) is 31.1 Å². The van der Waals surface area contributed by atoms with Crippen molar-refractivity contribution in [2.45, 2.75) is 32.6 Å². The number of hydrogen-bond acceptors (Lipinski definition) is 4. The second kappa shape index (κ2) is 5.11. The van der Waals surface area contributed by atoms with Crippen LogP contribution in [0, 0.1) is 11.8 Å². The molecule has 2 aliphatic rings. The first-order chi connectivity index (χ1) is 9.43. The number of rotatable bonds is 2. The summed E-state index contributed by atoms with van der Waals surface area (Å²) in [5.41, 5.74) is 1.00. The Bertz CT molecular complexity index is 493. The molecule has 110 valence electrons. The fourth-order valence-corrected chi connectivity index (χ4v) is 3.97. The van der Waals surface area contributed by atoms with Gasteiger partial charge in [-0.3, -0.25) is 4.79 Å². The Hall–Kier alpha value is -0.940. The minimum atomic E-state index is 0.0717. The van der Waals surface area contributed by atoms with Gasteiger partial charge in [0.1, 0.15) is 0 Å². The van der Waals surface area contributed by atoms with Crippen molar-refractivity contribution in [1.82, 2.24) is 15.2 Å². The lowest BCUT2D eigenvalue weighted by atomic mass is 9.98. The van der Waals surface area contributed by atoms with E-state index in [0.717, 1.165) is 36.9 Å². The Balaban J connectivity index is 1.61. The predicted octanol–water partition coefficient (Wildman–Crippen LogP) is 1.66. The number of nitrogens with zero attached hydrogens (tertiary/aromatic N) is 2. The fourth-order valence-electron chi connectivity index (χ4n) is 3.06. The maximum Gasteiger partial charge on any atom is 0.228 e. The second-order valence-electron chi connectivity index (χ2n) is 7.05. The molecule has 0 bridgehead atoms. The number of likely N-dealkylation sites (tertiary alicyclic amines) is 1. The number of fused-ring (bicyclic) bond motifs is 1. The molecule has 2 atom stereocenters. The number of carbonyl (C=O) groups excluding carboxylic acids is 1. The molecule has 0 radical (unpaired) electrons. The van der Waals surface area contributed by atoms with Gasteiger partial charge in [0.05, 0.1) is 17.1 Å². The van der Waals surface area contributed by atoms with Crippen LogP contribution >= 0.6 is 11.3 Å². The first kappa shape index (κ1) is 14.0. The molecular weight excluding hydrogens is 270 g/mol. The van der Waals surface area contributed by atoms with E-state index < -0.39 is 0 Å². The normalized spacial score (nSPS) is 26.1. The molecule has 3 rings (SSSR count). The van der Waals surface area contributed by atoms with Crippen molar-refractivity contribution >= 4 is 17.2 Å². The Morgan fingerprint density at radius 2 is 2.05 bits per heavy atom. The molecule has 2 fully saturated rings. The quantitative estimate of drug-likeness (QED) is 0.902. The summed E-state index contributed by atoms with van der Waals surface area (Å²) in [6.07, 6.45) is 0.458. The summed E-state index contributed by atoms with van der Waals surface area (Å²) in [6, 6.07) is 0. The number of hydrogen-bond donors (Lipinski definition) is 1. The molecule has 2 aliphatic heterocycles. The lowest BCUT2D eigenvalue weighted by Gasteiger charge is -2.17. The van der Waals surface area contributed by atoms with Crippen LogP contribution in [0.25, 0.3) is 0 Å². The van der Waals surface area contributed by atoms with E-state index in [9.17, 15) is 4.79 Å². The molecule has 1 N–H and O–H groups in total. The van der Waals surface area contributed by atoms with Crippen LogP contribution in [0.15, 0.2) is 5.38 Å². The molecule has 0 aliphatic carbocycles. The van der Waals surface area contributed by atoms with Gasteiger partial charge in [-0.05, 0) is 11.8 Å². The van der Waals surface area contributed by atoms with Crippen molar-refractivity contribution in [3.05, 3.63) is 16.1 Å². The minimum Gasteiger partial charge on any atom is -0.342 e. The van der Waals surface area contributed by atoms with Crippen LogP contribution < -0.4 is 5.32 Å². The second-order valence-corrected chi connectivity index (χ2v) is 7.91. The average molecular weight is 293 g/mol. The van der Waals surface area contributed by atoms with Crippen molar-refractivity contribution in [2.24, 2.45) is 11.8 Å². The molecular formula is C15H23N3OS. The summed E-state index contributed by atoms with van der Waals surface area (Å²) >= 11 is 1.67. The molecule has 3 heterocycles. The first-order valence-corrected chi connectivity index (χ1v) is 8.25. The first-order valence-electron chi connectivity index (χ1n) is 7.37. The Kier molecular flexibility index (Phi) is 3.58. The molecule has 0 spiro atoms. The maximum absolute atomic E-state index is 12.4. The Morgan fingerprint density at radius 3 is 2.60 bits per heavy atom. The zero-order valence-corrected chi connectivity index (χ0v) is 13.3. The number of nitrogens with one attached hydrogen (secondary N) is 1. The molecule has 20 heavy (non-hydrogen) atoms. The number of amides is 1. The SMILES string of the molecule is CC(C)(C)c1nc(CC(=O)N2C[C@H]3CNC[C@H]3C2)cs1. The van der Waals surface area contributed by atoms with Crippen LogP contribution in [0.5, 0.6) is 0 Å². The molecule has 0 aromatic carbocycles. The van der Waals surface area contributed by atoms with Crippen molar-refractivity contribution in [3.63, 3.8) is 0 Å². The molecule has 5 heteroatoms. The van der Waals surface area contributed by atoms with Gasteiger partial charge in [-0.25, -0.2) is 4.98 Å². The van der Waals surface area contributed by atoms with Crippen LogP contribution in [0.2, 0.25) is 0 Å². The van der Waals surface area contributed by atoms with E-state index in [4.69, 9.17) is 0 Å². The zero-order valence-electron chi connectivity index (χ0n) is 12.5. The molecule has 1 amide bonds. The van der Waals surface area contributed by atoms with E-state index in [1.54, 1.807) is 11.3 Å². The van der Waals surface area contributed by atoms with E-state index in [0.29, 0.717) is 18.3 Å². The highest BCUT2D eigenvalue weighted by Gasteiger charge is 2.38. The van der Waals surface area contributed by atoms with Gasteiger partial charge in [-0.1, -0.05) is 20.8 Å². The largest absolute Gasteiger partial charge is 0.342 e. The number of thiazole rings is 1. The Labute approximate surface area is 124 Å². The van der Waals surface area contributed by atoms with Gasteiger partial charge in [-0.2, -0.15) is 0 Å². The summed E-state index contributed by atoms with van der Waals surface area (Å²) < 4.78 is 0. The van der Waals surface area contributed by atoms with Crippen LogP contribution in [0.4, 0.5) is 0 Å². The topological polar surface area (TPSA) is 45.2 Å². The highest BCUT2D eigenvalue weighted by molar-refractivity contribution is 7.09. The summed E-state index contributed by atoms with van der Waals surface area (Å²) in [6.45, 7) is 10.5. The molecule has 1 aromatic heterocycles. The van der Waals surface area contributed by atoms with E-state index >= 15 is 0 Å². The highest BCUT2D eigenvalue weighted by atomic mass is 32.1. The Morgan fingerprint density at radius 1 is 1.40 bits per heavy atom. The monoisotopic (exact) mass is 293 g/mol. The summed E-state index contributed by atoms with van der Waals surface area (Å²) in [7, 11) is 0. The van der Waals surface area contributed by atoms with E-state index in [1.807, 2.05) is 10.3 Å². The molecule has 4 nitrogen and oxygen atoms in total. The zero-order chi connectivity index (χ0) is 14.3. The van der Waals surface area contributed by atoms with Gasteiger partial charge in [0.2, 0.25) is 5.91 Å².